The van der Waals surface area contributed by atoms with Gasteiger partial charge in [-0.15, -0.1) is 11.6 Å². The van der Waals surface area contributed by atoms with Crippen LogP contribution < -0.4 is 10.1 Å². The van der Waals surface area contributed by atoms with Gasteiger partial charge in [0, 0.05) is 0 Å². The van der Waals surface area contributed by atoms with Crippen molar-refractivity contribution in [2.75, 3.05) is 11.2 Å². The zero-order valence-corrected chi connectivity index (χ0v) is 10.1. The molecule has 0 aliphatic carbocycles. The number of nitrogens with one attached hydrogen (secondary N) is 1. The second kappa shape index (κ2) is 5.97. The SMILES string of the molecule is O=C(CCl)Nc1ncc(Oc2ccccc2)cn1. The highest BCUT2D eigenvalue weighted by Crippen LogP contribution is 2.19. The first-order valence-electron chi connectivity index (χ1n) is 5.18. The van der Waals surface area contributed by atoms with Crippen LogP contribution in [0.4, 0.5) is 5.95 Å². The van der Waals surface area contributed by atoms with Gasteiger partial charge in [-0.25, -0.2) is 9.97 Å². The lowest BCUT2D eigenvalue weighted by atomic mass is 10.3. The van der Waals surface area contributed by atoms with E-state index < -0.39 is 0 Å². The van der Waals surface area contributed by atoms with Gasteiger partial charge in [-0.1, -0.05) is 18.2 Å². The summed E-state index contributed by atoms with van der Waals surface area (Å²) in [5, 5.41) is 2.43. The molecule has 6 heteroatoms. The molecule has 2 aromatic rings. The summed E-state index contributed by atoms with van der Waals surface area (Å²) in [4.78, 5) is 18.9. The molecule has 0 atom stereocenters. The number of aromatic nitrogens is 2. The van der Waals surface area contributed by atoms with E-state index in [9.17, 15) is 4.79 Å². The molecule has 0 bridgehead atoms. The van der Waals surface area contributed by atoms with Gasteiger partial charge in [0.2, 0.25) is 11.9 Å². The molecule has 0 radical (unpaired) electrons. The molecule has 1 amide bonds. The van der Waals surface area contributed by atoms with Gasteiger partial charge in [0.15, 0.2) is 5.75 Å². The number of rotatable bonds is 4. The van der Waals surface area contributed by atoms with Crippen molar-refractivity contribution in [2.24, 2.45) is 0 Å². The minimum atomic E-state index is -0.353. The number of anilines is 1. The van der Waals surface area contributed by atoms with Gasteiger partial charge >= 0.3 is 0 Å². The van der Waals surface area contributed by atoms with Crippen LogP contribution in [0, 0.1) is 0 Å². The van der Waals surface area contributed by atoms with Crippen molar-refractivity contribution >= 4 is 23.5 Å². The first kappa shape index (κ1) is 12.3. The summed E-state index contributed by atoms with van der Waals surface area (Å²) in [5.41, 5.74) is 0. The second-order valence-electron chi connectivity index (χ2n) is 3.34. The Labute approximate surface area is 109 Å². The minimum Gasteiger partial charge on any atom is -0.454 e. The molecule has 5 nitrogen and oxygen atoms in total. The van der Waals surface area contributed by atoms with E-state index in [0.717, 1.165) is 0 Å². The van der Waals surface area contributed by atoms with E-state index >= 15 is 0 Å². The van der Waals surface area contributed by atoms with Gasteiger partial charge in [-0.3, -0.25) is 10.1 Å². The molecule has 1 heterocycles. The van der Waals surface area contributed by atoms with E-state index in [-0.39, 0.29) is 17.7 Å². The molecule has 0 saturated heterocycles. The molecule has 2 rings (SSSR count). The number of hydrogen-bond acceptors (Lipinski definition) is 4. The van der Waals surface area contributed by atoms with Crippen molar-refractivity contribution in [3.63, 3.8) is 0 Å². The smallest absolute Gasteiger partial charge is 0.241 e. The van der Waals surface area contributed by atoms with Crippen molar-refractivity contribution in [3.05, 3.63) is 42.7 Å². The number of amides is 1. The van der Waals surface area contributed by atoms with E-state index in [1.54, 1.807) is 0 Å². The van der Waals surface area contributed by atoms with Crippen molar-refractivity contribution in [2.45, 2.75) is 0 Å². The highest BCUT2D eigenvalue weighted by Gasteiger charge is 2.03. The number of carbonyl (C=O) groups is 1. The highest BCUT2D eigenvalue weighted by atomic mass is 35.5. The third-order valence-corrected chi connectivity index (χ3v) is 2.22. The molecule has 18 heavy (non-hydrogen) atoms. The van der Waals surface area contributed by atoms with E-state index in [2.05, 4.69) is 15.3 Å². The van der Waals surface area contributed by atoms with Crippen molar-refractivity contribution < 1.29 is 9.53 Å². The number of hydrogen-bond donors (Lipinski definition) is 1. The predicted molar refractivity (Wildman–Crippen MR) is 67.9 cm³/mol. The fourth-order valence-electron chi connectivity index (χ4n) is 1.22. The maximum atomic E-state index is 11.0. The molecule has 0 saturated carbocycles. The predicted octanol–water partition coefficient (Wildman–Crippen LogP) is 2.45. The lowest BCUT2D eigenvalue weighted by molar-refractivity contribution is -0.114. The van der Waals surface area contributed by atoms with Gasteiger partial charge in [0.1, 0.15) is 11.6 Å². The van der Waals surface area contributed by atoms with Gasteiger partial charge in [0.05, 0.1) is 12.4 Å². The summed E-state index contributed by atoms with van der Waals surface area (Å²) in [6.07, 6.45) is 2.95. The van der Waals surface area contributed by atoms with Crippen LogP contribution in [-0.4, -0.2) is 21.8 Å². The Kier molecular flexibility index (Phi) is 4.09. The summed E-state index contributed by atoms with van der Waals surface area (Å²) in [5.74, 6) is 0.893. The van der Waals surface area contributed by atoms with Gasteiger partial charge in [-0.2, -0.15) is 0 Å². The van der Waals surface area contributed by atoms with E-state index in [4.69, 9.17) is 16.3 Å². The van der Waals surface area contributed by atoms with Crippen LogP contribution in [-0.2, 0) is 4.79 Å². The summed E-state index contributed by atoms with van der Waals surface area (Å²) in [6.45, 7) is 0. The summed E-state index contributed by atoms with van der Waals surface area (Å²) in [7, 11) is 0. The zero-order chi connectivity index (χ0) is 12.8. The van der Waals surface area contributed by atoms with E-state index in [0.29, 0.717) is 11.5 Å². The molecule has 1 aromatic heterocycles. The number of halogens is 1. The number of carbonyl (C=O) groups excluding carboxylic acids is 1. The fraction of sp³-hybridized carbons (Fsp3) is 0.0833. The Morgan fingerprint density at radius 2 is 1.83 bits per heavy atom. The molecule has 0 aliphatic rings. The monoisotopic (exact) mass is 263 g/mol. The Morgan fingerprint density at radius 1 is 1.17 bits per heavy atom. The highest BCUT2D eigenvalue weighted by molar-refractivity contribution is 6.28. The lowest BCUT2D eigenvalue weighted by Crippen LogP contribution is -2.14. The molecule has 0 spiro atoms. The Morgan fingerprint density at radius 3 is 2.44 bits per heavy atom. The van der Waals surface area contributed by atoms with Crippen molar-refractivity contribution in [1.82, 2.24) is 9.97 Å². The molecule has 1 N–H and O–H groups in total. The standard InChI is InChI=1S/C12H10ClN3O2/c13-6-11(17)16-12-14-7-10(8-15-12)18-9-4-2-1-3-5-9/h1-5,7-8H,6H2,(H,14,15,16,17). The Balaban J connectivity index is 2.02. The van der Waals surface area contributed by atoms with Crippen molar-refractivity contribution in [3.8, 4) is 11.5 Å². The van der Waals surface area contributed by atoms with Crippen LogP contribution in [0.3, 0.4) is 0 Å². The van der Waals surface area contributed by atoms with E-state index in [1.165, 1.54) is 12.4 Å². The third-order valence-electron chi connectivity index (χ3n) is 1.98. The molecule has 92 valence electrons. The Bertz CT molecular complexity index is 517. The average molecular weight is 264 g/mol. The average Bonchev–Trinajstić information content (AvgIpc) is 2.42. The largest absolute Gasteiger partial charge is 0.454 e. The number of para-hydroxylation sites is 1. The molecular formula is C12H10ClN3O2. The van der Waals surface area contributed by atoms with Crippen LogP contribution in [0.25, 0.3) is 0 Å². The number of ether oxygens (including phenoxy) is 1. The van der Waals surface area contributed by atoms with Crippen LogP contribution in [0.2, 0.25) is 0 Å². The van der Waals surface area contributed by atoms with Crippen LogP contribution in [0.15, 0.2) is 42.7 Å². The topological polar surface area (TPSA) is 64.1 Å². The normalized spacial score (nSPS) is 9.83. The van der Waals surface area contributed by atoms with Gasteiger partial charge in [0.25, 0.3) is 0 Å². The number of nitrogens with zero attached hydrogens (tertiary/aromatic N) is 2. The maximum absolute atomic E-state index is 11.0. The summed E-state index contributed by atoms with van der Waals surface area (Å²) < 4.78 is 5.50. The van der Waals surface area contributed by atoms with Crippen LogP contribution in [0.1, 0.15) is 0 Å². The summed E-state index contributed by atoms with van der Waals surface area (Å²) in [6, 6.07) is 9.27. The quantitative estimate of drug-likeness (QED) is 0.861. The first-order chi connectivity index (χ1) is 8.78. The molecule has 1 aromatic carbocycles. The Hall–Kier alpha value is -2.14. The minimum absolute atomic E-state index is 0.133. The van der Waals surface area contributed by atoms with Crippen LogP contribution >= 0.6 is 11.6 Å². The number of benzene rings is 1. The molecule has 0 fully saturated rings. The van der Waals surface area contributed by atoms with Gasteiger partial charge < -0.3 is 4.74 Å². The lowest BCUT2D eigenvalue weighted by Gasteiger charge is -2.05. The summed E-state index contributed by atoms with van der Waals surface area (Å²) >= 11 is 5.35. The van der Waals surface area contributed by atoms with E-state index in [1.807, 2.05) is 30.3 Å². The molecule has 0 unspecified atom stereocenters. The van der Waals surface area contributed by atoms with Crippen molar-refractivity contribution in [1.29, 1.82) is 0 Å². The first-order valence-corrected chi connectivity index (χ1v) is 5.72. The molecular weight excluding hydrogens is 254 g/mol. The zero-order valence-electron chi connectivity index (χ0n) is 9.34. The molecule has 0 aliphatic heterocycles. The fourth-order valence-corrected chi connectivity index (χ4v) is 1.28. The second-order valence-corrected chi connectivity index (χ2v) is 3.61. The maximum Gasteiger partial charge on any atom is 0.241 e. The third kappa shape index (κ3) is 3.43. The van der Waals surface area contributed by atoms with Gasteiger partial charge in [-0.05, 0) is 12.1 Å². The van der Waals surface area contributed by atoms with Crippen LogP contribution in [0.5, 0.6) is 11.5 Å². The number of alkyl halides is 1.